The number of nitrogens with zero attached hydrogens (tertiary/aromatic N) is 1. The number of nitrogens with two attached hydrogens (primary N) is 1. The van der Waals surface area contributed by atoms with Crippen molar-refractivity contribution < 1.29 is 9.53 Å². The Hall–Kier alpha value is -2.85. The van der Waals surface area contributed by atoms with Crippen molar-refractivity contribution in [2.75, 3.05) is 23.8 Å². The van der Waals surface area contributed by atoms with Gasteiger partial charge in [-0.1, -0.05) is 11.6 Å². The molecule has 10 nitrogen and oxygen atoms in total. The second kappa shape index (κ2) is 7.42. The predicted octanol–water partition coefficient (Wildman–Crippen LogP) is 0.0931. The molecule has 11 heteroatoms. The van der Waals surface area contributed by atoms with Crippen LogP contribution in [0.1, 0.15) is 0 Å². The maximum absolute atomic E-state index is 11.9. The van der Waals surface area contributed by atoms with Crippen LogP contribution in [0.25, 0.3) is 0 Å². The molecule has 0 saturated heterocycles. The van der Waals surface area contributed by atoms with Gasteiger partial charge in [-0.2, -0.15) is 0 Å². The summed E-state index contributed by atoms with van der Waals surface area (Å²) in [5, 5.41) is 10.5. The summed E-state index contributed by atoms with van der Waals surface area (Å²) < 4.78 is 5.38. The van der Waals surface area contributed by atoms with Gasteiger partial charge >= 0.3 is 17.1 Å². The number of carbonyl (C=O) groups excluding carboxylic acids is 1. The molecule has 0 fully saturated rings. The molecular formula is C12H13ClN6O4. The number of H-pyrrole nitrogens is 2. The summed E-state index contributed by atoms with van der Waals surface area (Å²) in [5.74, 6) is 0.150. The molecule has 1 heterocycles. The van der Waals surface area contributed by atoms with Gasteiger partial charge in [0.05, 0.1) is 5.69 Å². The number of ether oxygens (including phenoxy) is 1. The van der Waals surface area contributed by atoms with E-state index < -0.39 is 17.1 Å². The highest BCUT2D eigenvalue weighted by atomic mass is 35.5. The second-order valence-electron chi connectivity index (χ2n) is 4.21. The van der Waals surface area contributed by atoms with E-state index in [1.54, 1.807) is 12.1 Å². The Kier molecular flexibility index (Phi) is 5.33. The Bertz CT molecular complexity index is 818. The predicted molar refractivity (Wildman–Crippen MR) is 84.1 cm³/mol. The number of anilines is 2. The third-order valence-electron chi connectivity index (χ3n) is 2.50. The highest BCUT2D eigenvalue weighted by Crippen LogP contribution is 2.28. The molecule has 0 spiro atoms. The summed E-state index contributed by atoms with van der Waals surface area (Å²) in [5.41, 5.74) is 3.80. The van der Waals surface area contributed by atoms with E-state index in [0.717, 1.165) is 0 Å². The molecule has 0 aliphatic rings. The average molecular weight is 341 g/mol. The summed E-state index contributed by atoms with van der Waals surface area (Å²) in [6.45, 7) is 0.559. The number of hydrogen-bond acceptors (Lipinski definition) is 6. The van der Waals surface area contributed by atoms with E-state index in [1.807, 2.05) is 5.10 Å². The number of nitrogens with one attached hydrogen (secondary N) is 4. The summed E-state index contributed by atoms with van der Waals surface area (Å²) in [6.07, 6.45) is 0. The van der Waals surface area contributed by atoms with Gasteiger partial charge in [0.2, 0.25) is 5.95 Å². The fourth-order valence-corrected chi connectivity index (χ4v) is 1.74. The fourth-order valence-electron chi connectivity index (χ4n) is 1.56. The number of amides is 2. The van der Waals surface area contributed by atoms with Crippen molar-refractivity contribution in [3.05, 3.63) is 43.9 Å². The molecule has 122 valence electrons. The van der Waals surface area contributed by atoms with Crippen LogP contribution in [0.2, 0.25) is 5.02 Å². The molecule has 2 amide bonds. The topological polar surface area (TPSA) is 155 Å². The molecule has 23 heavy (non-hydrogen) atoms. The van der Waals surface area contributed by atoms with Gasteiger partial charge in [0, 0.05) is 11.6 Å². The van der Waals surface area contributed by atoms with Crippen molar-refractivity contribution in [3.8, 4) is 5.75 Å². The highest BCUT2D eigenvalue weighted by Gasteiger charge is 2.10. The number of benzene rings is 1. The van der Waals surface area contributed by atoms with E-state index in [9.17, 15) is 14.4 Å². The van der Waals surface area contributed by atoms with Gasteiger partial charge in [-0.05, 0) is 18.2 Å². The van der Waals surface area contributed by atoms with E-state index >= 15 is 0 Å². The molecule has 6 N–H and O–H groups in total. The van der Waals surface area contributed by atoms with Gasteiger partial charge in [0.15, 0.2) is 0 Å². The van der Waals surface area contributed by atoms with E-state index in [1.165, 1.54) is 6.07 Å². The number of halogens is 1. The van der Waals surface area contributed by atoms with Crippen LogP contribution in [0.15, 0.2) is 27.8 Å². The minimum Gasteiger partial charge on any atom is -0.490 e. The molecule has 2 aromatic rings. The minimum absolute atomic E-state index is 0.224. The third kappa shape index (κ3) is 4.56. The van der Waals surface area contributed by atoms with E-state index in [-0.39, 0.29) is 12.6 Å². The third-order valence-corrected chi connectivity index (χ3v) is 2.74. The lowest BCUT2D eigenvalue weighted by molar-refractivity contribution is 0.261. The number of aromatic amines is 2. The number of urea groups is 1. The molecule has 1 aromatic heterocycles. The van der Waals surface area contributed by atoms with E-state index in [2.05, 4.69) is 20.7 Å². The zero-order valence-corrected chi connectivity index (χ0v) is 12.4. The quantitative estimate of drug-likeness (QED) is 0.486. The van der Waals surface area contributed by atoms with E-state index in [4.69, 9.17) is 22.1 Å². The first-order valence-corrected chi connectivity index (χ1v) is 6.77. The molecule has 2 rings (SSSR count). The van der Waals surface area contributed by atoms with Gasteiger partial charge in [-0.3, -0.25) is 19.9 Å². The Morgan fingerprint density at radius 3 is 2.78 bits per heavy atom. The maximum atomic E-state index is 11.9. The Balaban J connectivity index is 2.12. The smallest absolute Gasteiger partial charge is 0.329 e. The van der Waals surface area contributed by atoms with Crippen LogP contribution >= 0.6 is 11.6 Å². The van der Waals surface area contributed by atoms with Gasteiger partial charge < -0.3 is 15.8 Å². The van der Waals surface area contributed by atoms with Crippen molar-refractivity contribution >= 4 is 29.3 Å². The van der Waals surface area contributed by atoms with Crippen LogP contribution in [-0.4, -0.2) is 34.4 Å². The zero-order chi connectivity index (χ0) is 16.8. The fraction of sp³-hybridized carbons (Fsp3) is 0.167. The lowest BCUT2D eigenvalue weighted by Gasteiger charge is -2.12. The average Bonchev–Trinajstić information content (AvgIpc) is 2.50. The number of carbonyl (C=O) groups is 1. The van der Waals surface area contributed by atoms with Gasteiger partial charge in [-0.25, -0.2) is 9.89 Å². The van der Waals surface area contributed by atoms with Crippen LogP contribution in [0.5, 0.6) is 5.75 Å². The van der Waals surface area contributed by atoms with Crippen molar-refractivity contribution in [3.63, 3.8) is 0 Å². The highest BCUT2D eigenvalue weighted by molar-refractivity contribution is 6.31. The lowest BCUT2D eigenvalue weighted by atomic mass is 10.3. The standard InChI is InChI=1S/C12H13ClN6O4/c13-6-1-2-8(23-4-3-14)7(5-6)15-12(22)17-11-16-9(20)10(21)18-19-11/h1-2,5H,3-4,14H2,(H,18,21)(H3,15,16,17,19,20,22). The molecule has 1 aromatic carbocycles. The summed E-state index contributed by atoms with van der Waals surface area (Å²) >= 11 is 5.88. The van der Waals surface area contributed by atoms with Gasteiger partial charge in [0.1, 0.15) is 12.4 Å². The Labute approximate surface area is 134 Å². The van der Waals surface area contributed by atoms with Crippen LogP contribution in [0.4, 0.5) is 16.4 Å². The maximum Gasteiger partial charge on any atom is 0.329 e. The summed E-state index contributed by atoms with van der Waals surface area (Å²) in [7, 11) is 0. The summed E-state index contributed by atoms with van der Waals surface area (Å²) in [6, 6.07) is 3.93. The monoisotopic (exact) mass is 340 g/mol. The molecule has 0 bridgehead atoms. The summed E-state index contributed by atoms with van der Waals surface area (Å²) in [4.78, 5) is 36.0. The van der Waals surface area contributed by atoms with Gasteiger partial charge in [0.25, 0.3) is 0 Å². The molecule has 0 aliphatic carbocycles. The Morgan fingerprint density at radius 2 is 2.09 bits per heavy atom. The zero-order valence-electron chi connectivity index (χ0n) is 11.7. The first-order valence-electron chi connectivity index (χ1n) is 6.39. The number of rotatable bonds is 5. The first kappa shape index (κ1) is 16.5. The van der Waals surface area contributed by atoms with Crippen LogP contribution < -0.4 is 32.2 Å². The molecule has 0 radical (unpaired) electrons. The first-order chi connectivity index (χ1) is 11.0. The SMILES string of the molecule is NCCOc1ccc(Cl)cc1NC(=O)Nc1n[nH]c(=O)c(=O)[nH]1. The largest absolute Gasteiger partial charge is 0.490 e. The van der Waals surface area contributed by atoms with Crippen molar-refractivity contribution in [2.45, 2.75) is 0 Å². The van der Waals surface area contributed by atoms with Crippen LogP contribution in [-0.2, 0) is 0 Å². The van der Waals surface area contributed by atoms with Crippen LogP contribution in [0, 0.1) is 0 Å². The molecular weight excluding hydrogens is 328 g/mol. The van der Waals surface area contributed by atoms with Gasteiger partial charge in [-0.15, -0.1) is 5.10 Å². The molecule has 0 atom stereocenters. The minimum atomic E-state index is -0.940. The normalized spacial score (nSPS) is 10.2. The van der Waals surface area contributed by atoms with Crippen molar-refractivity contribution in [2.24, 2.45) is 5.73 Å². The van der Waals surface area contributed by atoms with Crippen molar-refractivity contribution in [1.82, 2.24) is 15.2 Å². The molecule has 0 unspecified atom stereocenters. The second-order valence-corrected chi connectivity index (χ2v) is 4.65. The van der Waals surface area contributed by atoms with E-state index in [0.29, 0.717) is 23.0 Å². The molecule has 0 aliphatic heterocycles. The lowest BCUT2D eigenvalue weighted by Crippen LogP contribution is -2.33. The number of aromatic nitrogens is 3. The Morgan fingerprint density at radius 1 is 1.30 bits per heavy atom. The van der Waals surface area contributed by atoms with Crippen molar-refractivity contribution in [1.29, 1.82) is 0 Å². The number of hydrogen-bond donors (Lipinski definition) is 5. The molecule has 0 saturated carbocycles. The van der Waals surface area contributed by atoms with Crippen LogP contribution in [0.3, 0.4) is 0 Å².